The maximum atomic E-state index is 13.3. The zero-order valence-electron chi connectivity index (χ0n) is 9.79. The minimum absolute atomic E-state index is 0.0167. The Labute approximate surface area is 109 Å². The fraction of sp³-hybridized carbons (Fsp3) is 0.455. The van der Waals surface area contributed by atoms with Gasteiger partial charge in [-0.05, 0) is 26.8 Å². The first-order chi connectivity index (χ1) is 7.78. The van der Waals surface area contributed by atoms with Crippen LogP contribution in [0, 0.1) is 5.82 Å². The molecule has 0 atom stereocenters. The van der Waals surface area contributed by atoms with Crippen molar-refractivity contribution in [2.75, 3.05) is 5.75 Å². The van der Waals surface area contributed by atoms with Crippen molar-refractivity contribution in [2.45, 2.75) is 31.4 Å². The van der Waals surface area contributed by atoms with Crippen LogP contribution in [0.4, 0.5) is 4.39 Å². The molecule has 1 aromatic heterocycles. The quantitative estimate of drug-likeness (QED) is 0.628. The number of ether oxygens (including phenoxy) is 1. The van der Waals surface area contributed by atoms with E-state index in [1.54, 1.807) is 20.8 Å². The van der Waals surface area contributed by atoms with E-state index in [0.29, 0.717) is 0 Å². The summed E-state index contributed by atoms with van der Waals surface area (Å²) in [6.07, 6.45) is 1.34. The average Bonchev–Trinajstić information content (AvgIpc) is 2.13. The molecule has 0 N–H and O–H groups in total. The number of hydrogen-bond donors (Lipinski definition) is 0. The van der Waals surface area contributed by atoms with Gasteiger partial charge in [0.2, 0.25) is 0 Å². The van der Waals surface area contributed by atoms with E-state index in [4.69, 9.17) is 16.3 Å². The molecule has 0 bridgehead atoms. The number of rotatable bonds is 3. The van der Waals surface area contributed by atoms with Gasteiger partial charge in [-0.1, -0.05) is 23.4 Å². The Morgan fingerprint density at radius 2 is 2.24 bits per heavy atom. The number of carbonyl (C=O) groups excluding carboxylic acids is 1. The van der Waals surface area contributed by atoms with E-state index in [9.17, 15) is 9.18 Å². The number of thioether (sulfide) groups is 1. The predicted molar refractivity (Wildman–Crippen MR) is 65.8 cm³/mol. The molecular formula is C11H13ClFNO2S. The van der Waals surface area contributed by atoms with Crippen LogP contribution < -0.4 is 0 Å². The summed E-state index contributed by atoms with van der Waals surface area (Å²) in [7, 11) is 0. The summed E-state index contributed by atoms with van der Waals surface area (Å²) in [5, 5.41) is 0.365. The monoisotopic (exact) mass is 277 g/mol. The lowest BCUT2D eigenvalue weighted by Gasteiger charge is -2.19. The molecule has 0 amide bonds. The van der Waals surface area contributed by atoms with E-state index in [2.05, 4.69) is 4.98 Å². The molecule has 0 unspecified atom stereocenters. The van der Waals surface area contributed by atoms with Crippen molar-refractivity contribution in [1.82, 2.24) is 4.98 Å². The molecule has 94 valence electrons. The van der Waals surface area contributed by atoms with Crippen molar-refractivity contribution in [1.29, 1.82) is 0 Å². The lowest BCUT2D eigenvalue weighted by atomic mass is 10.2. The second kappa shape index (κ2) is 5.69. The van der Waals surface area contributed by atoms with E-state index >= 15 is 0 Å². The van der Waals surface area contributed by atoms with Gasteiger partial charge in [-0.2, -0.15) is 0 Å². The molecule has 0 saturated carbocycles. The molecule has 0 fully saturated rings. The van der Waals surface area contributed by atoms with Gasteiger partial charge in [-0.15, -0.1) is 0 Å². The predicted octanol–water partition coefficient (Wildman–Crippen LogP) is 3.31. The van der Waals surface area contributed by atoms with Crippen LogP contribution in [0.5, 0.6) is 0 Å². The summed E-state index contributed by atoms with van der Waals surface area (Å²) in [6, 6.07) is 1.16. The summed E-state index contributed by atoms with van der Waals surface area (Å²) < 4.78 is 18.4. The molecule has 0 aliphatic rings. The maximum Gasteiger partial charge on any atom is 0.316 e. The van der Waals surface area contributed by atoms with Crippen LogP contribution in [-0.4, -0.2) is 22.3 Å². The third kappa shape index (κ3) is 5.37. The molecule has 0 saturated heterocycles. The normalized spacial score (nSPS) is 11.4. The Bertz CT molecular complexity index is 420. The van der Waals surface area contributed by atoms with Crippen molar-refractivity contribution in [2.24, 2.45) is 0 Å². The summed E-state index contributed by atoms with van der Waals surface area (Å²) in [6.45, 7) is 5.32. The highest BCUT2D eigenvalue weighted by molar-refractivity contribution is 7.99. The Morgan fingerprint density at radius 3 is 2.76 bits per heavy atom. The van der Waals surface area contributed by atoms with E-state index in [0.717, 1.165) is 17.8 Å². The van der Waals surface area contributed by atoms with Crippen molar-refractivity contribution < 1.29 is 13.9 Å². The third-order valence-electron chi connectivity index (χ3n) is 1.52. The molecule has 0 radical (unpaired) electrons. The Balaban J connectivity index is 2.53. The van der Waals surface area contributed by atoms with Crippen LogP contribution in [0.2, 0.25) is 5.02 Å². The topological polar surface area (TPSA) is 39.2 Å². The fourth-order valence-electron chi connectivity index (χ4n) is 1.01. The lowest BCUT2D eigenvalue weighted by Crippen LogP contribution is -2.24. The van der Waals surface area contributed by atoms with Gasteiger partial charge in [0.15, 0.2) is 5.82 Å². The standard InChI is InChI=1S/C11H13ClFNO2S/c1-11(2,3)16-9(15)6-17-10-8(13)4-7(12)5-14-10/h4-5H,6H2,1-3H3. The molecule has 3 nitrogen and oxygen atoms in total. The average molecular weight is 278 g/mol. The molecule has 0 spiro atoms. The minimum Gasteiger partial charge on any atom is -0.459 e. The number of pyridine rings is 1. The first-order valence-electron chi connectivity index (χ1n) is 4.93. The second-order valence-electron chi connectivity index (χ2n) is 4.32. The number of carbonyl (C=O) groups is 1. The van der Waals surface area contributed by atoms with Gasteiger partial charge in [0.1, 0.15) is 10.6 Å². The van der Waals surface area contributed by atoms with Crippen molar-refractivity contribution in [3.8, 4) is 0 Å². The fourth-order valence-corrected chi connectivity index (χ4v) is 1.79. The van der Waals surface area contributed by atoms with Gasteiger partial charge in [-0.25, -0.2) is 9.37 Å². The van der Waals surface area contributed by atoms with E-state index < -0.39 is 17.4 Å². The molecule has 6 heteroatoms. The zero-order valence-corrected chi connectivity index (χ0v) is 11.4. The van der Waals surface area contributed by atoms with Gasteiger partial charge in [0.25, 0.3) is 0 Å². The van der Waals surface area contributed by atoms with Crippen LogP contribution in [0.3, 0.4) is 0 Å². The molecule has 1 rings (SSSR count). The van der Waals surface area contributed by atoms with Crippen molar-refractivity contribution >= 4 is 29.3 Å². The summed E-state index contributed by atoms with van der Waals surface area (Å²) >= 11 is 6.55. The maximum absolute atomic E-state index is 13.3. The highest BCUT2D eigenvalue weighted by atomic mass is 35.5. The van der Waals surface area contributed by atoms with E-state index in [-0.39, 0.29) is 15.8 Å². The second-order valence-corrected chi connectivity index (χ2v) is 5.72. The van der Waals surface area contributed by atoms with Crippen LogP contribution in [0.15, 0.2) is 17.3 Å². The largest absolute Gasteiger partial charge is 0.459 e. The van der Waals surface area contributed by atoms with Crippen LogP contribution >= 0.6 is 23.4 Å². The van der Waals surface area contributed by atoms with Gasteiger partial charge in [-0.3, -0.25) is 4.79 Å². The van der Waals surface area contributed by atoms with Crippen LogP contribution in [-0.2, 0) is 9.53 Å². The minimum atomic E-state index is -0.538. The van der Waals surface area contributed by atoms with Crippen molar-refractivity contribution in [3.05, 3.63) is 23.1 Å². The van der Waals surface area contributed by atoms with Gasteiger partial charge >= 0.3 is 5.97 Å². The lowest BCUT2D eigenvalue weighted by molar-refractivity contribution is -0.151. The summed E-state index contributed by atoms with van der Waals surface area (Å²) in [5.41, 5.74) is -0.538. The Morgan fingerprint density at radius 1 is 1.59 bits per heavy atom. The van der Waals surface area contributed by atoms with Crippen LogP contribution in [0.1, 0.15) is 20.8 Å². The molecule has 0 aromatic carbocycles. The smallest absolute Gasteiger partial charge is 0.316 e. The molecule has 1 heterocycles. The first-order valence-corrected chi connectivity index (χ1v) is 6.30. The number of hydrogen-bond acceptors (Lipinski definition) is 4. The highest BCUT2D eigenvalue weighted by Crippen LogP contribution is 2.22. The van der Waals surface area contributed by atoms with Crippen LogP contribution in [0.25, 0.3) is 0 Å². The van der Waals surface area contributed by atoms with E-state index in [1.807, 2.05) is 0 Å². The molecule has 0 aliphatic carbocycles. The summed E-state index contributed by atoms with van der Waals surface area (Å²) in [4.78, 5) is 15.2. The number of nitrogens with zero attached hydrogens (tertiary/aromatic N) is 1. The molecular weight excluding hydrogens is 265 g/mol. The Hall–Kier alpha value is -0.810. The SMILES string of the molecule is CC(C)(C)OC(=O)CSc1ncc(Cl)cc1F. The van der Waals surface area contributed by atoms with Crippen molar-refractivity contribution in [3.63, 3.8) is 0 Å². The van der Waals surface area contributed by atoms with E-state index in [1.165, 1.54) is 6.20 Å². The highest BCUT2D eigenvalue weighted by Gasteiger charge is 2.17. The zero-order chi connectivity index (χ0) is 13.1. The third-order valence-corrected chi connectivity index (χ3v) is 2.68. The molecule has 0 aliphatic heterocycles. The molecule has 1 aromatic rings. The number of aromatic nitrogens is 1. The Kier molecular flexibility index (Phi) is 4.77. The van der Waals surface area contributed by atoms with Gasteiger partial charge < -0.3 is 4.74 Å². The molecule has 17 heavy (non-hydrogen) atoms. The summed E-state index contributed by atoms with van der Waals surface area (Å²) in [5.74, 6) is -0.923. The number of halogens is 2. The first kappa shape index (κ1) is 14.3. The van der Waals surface area contributed by atoms with Gasteiger partial charge in [0, 0.05) is 6.20 Å². The number of esters is 1. The van der Waals surface area contributed by atoms with Gasteiger partial charge in [0.05, 0.1) is 10.8 Å².